The highest BCUT2D eigenvalue weighted by atomic mass is 35.5. The number of nitrogens with two attached hydrogens (primary N) is 1. The highest BCUT2D eigenvalue weighted by Gasteiger charge is 2.44. The van der Waals surface area contributed by atoms with Gasteiger partial charge in [0.15, 0.2) is 0 Å². The number of piperidine rings is 1. The molecular formula is C6H13Cl2F3N2. The molecule has 0 aromatic carbocycles. The van der Waals surface area contributed by atoms with Crippen LogP contribution in [0.2, 0.25) is 0 Å². The van der Waals surface area contributed by atoms with Crippen LogP contribution in [0, 0.1) is 0 Å². The number of halogens is 5. The second-order valence-corrected chi connectivity index (χ2v) is 2.78. The molecule has 0 bridgehead atoms. The molecule has 0 radical (unpaired) electrons. The summed E-state index contributed by atoms with van der Waals surface area (Å²) in [5.74, 6) is 0. The maximum absolute atomic E-state index is 12.0. The minimum atomic E-state index is -4.19. The Kier molecular flexibility index (Phi) is 7.15. The molecule has 1 saturated heterocycles. The Morgan fingerprint density at radius 1 is 1.23 bits per heavy atom. The molecule has 0 spiro atoms. The second-order valence-electron chi connectivity index (χ2n) is 2.78. The fourth-order valence-corrected chi connectivity index (χ4v) is 1.27. The average molecular weight is 241 g/mol. The molecule has 82 valence electrons. The van der Waals surface area contributed by atoms with Gasteiger partial charge in [-0.25, -0.2) is 0 Å². The molecule has 0 aromatic heterocycles. The summed E-state index contributed by atoms with van der Waals surface area (Å²) in [6, 6.07) is -2.28. The van der Waals surface area contributed by atoms with Crippen LogP contribution in [0.15, 0.2) is 0 Å². The van der Waals surface area contributed by atoms with Crippen LogP contribution in [0.4, 0.5) is 13.2 Å². The maximum Gasteiger partial charge on any atom is 0.405 e. The van der Waals surface area contributed by atoms with E-state index >= 15 is 0 Å². The van der Waals surface area contributed by atoms with E-state index in [-0.39, 0.29) is 24.8 Å². The van der Waals surface area contributed by atoms with Crippen molar-refractivity contribution in [3.05, 3.63) is 0 Å². The molecule has 7 heteroatoms. The summed E-state index contributed by atoms with van der Waals surface area (Å²) < 4.78 is 36.1. The van der Waals surface area contributed by atoms with Crippen molar-refractivity contribution in [3.63, 3.8) is 0 Å². The molecule has 2 nitrogen and oxygen atoms in total. The summed E-state index contributed by atoms with van der Waals surface area (Å²) in [5.41, 5.74) is 5.28. The Hall–Kier alpha value is 0.290. The van der Waals surface area contributed by atoms with E-state index < -0.39 is 18.3 Å². The van der Waals surface area contributed by atoms with Gasteiger partial charge in [-0.05, 0) is 19.4 Å². The molecule has 0 aliphatic carbocycles. The molecule has 0 unspecified atom stereocenters. The monoisotopic (exact) mass is 240 g/mol. The van der Waals surface area contributed by atoms with Gasteiger partial charge in [-0.2, -0.15) is 13.2 Å². The van der Waals surface area contributed by atoms with Gasteiger partial charge < -0.3 is 11.1 Å². The van der Waals surface area contributed by atoms with Crippen LogP contribution in [0.5, 0.6) is 0 Å². The Bertz CT molecular complexity index is 142. The molecule has 0 aromatic rings. The predicted octanol–water partition coefficient (Wildman–Crippen LogP) is 1.47. The van der Waals surface area contributed by atoms with Crippen molar-refractivity contribution < 1.29 is 13.2 Å². The molecule has 0 saturated carbocycles. The van der Waals surface area contributed by atoms with Gasteiger partial charge in [-0.3, -0.25) is 0 Å². The zero-order valence-electron chi connectivity index (χ0n) is 6.80. The molecule has 1 aliphatic heterocycles. The zero-order chi connectivity index (χ0) is 8.48. The van der Waals surface area contributed by atoms with Crippen molar-refractivity contribution in [2.75, 3.05) is 6.54 Å². The van der Waals surface area contributed by atoms with Crippen LogP contribution in [0.25, 0.3) is 0 Å². The van der Waals surface area contributed by atoms with E-state index in [1.807, 2.05) is 0 Å². The lowest BCUT2D eigenvalue weighted by molar-refractivity contribution is -0.163. The van der Waals surface area contributed by atoms with E-state index in [1.54, 1.807) is 0 Å². The third-order valence-electron chi connectivity index (χ3n) is 1.86. The Morgan fingerprint density at radius 3 is 2.08 bits per heavy atom. The summed E-state index contributed by atoms with van der Waals surface area (Å²) in [6.07, 6.45) is -3.01. The fraction of sp³-hybridized carbons (Fsp3) is 1.00. The van der Waals surface area contributed by atoms with E-state index in [0.717, 1.165) is 6.42 Å². The third kappa shape index (κ3) is 4.35. The first-order valence-corrected chi connectivity index (χ1v) is 3.57. The average Bonchev–Trinajstić information content (AvgIpc) is 1.86. The highest BCUT2D eigenvalue weighted by molar-refractivity contribution is 5.85. The summed E-state index contributed by atoms with van der Waals surface area (Å²) in [6.45, 7) is 0.415. The van der Waals surface area contributed by atoms with Gasteiger partial charge in [0.05, 0.1) is 0 Å². The first-order valence-electron chi connectivity index (χ1n) is 3.57. The zero-order valence-corrected chi connectivity index (χ0v) is 8.44. The molecule has 0 amide bonds. The lowest BCUT2D eigenvalue weighted by Gasteiger charge is -2.31. The van der Waals surface area contributed by atoms with Crippen LogP contribution < -0.4 is 11.1 Å². The third-order valence-corrected chi connectivity index (χ3v) is 1.86. The smallest absolute Gasteiger partial charge is 0.326 e. The van der Waals surface area contributed by atoms with E-state index in [9.17, 15) is 13.2 Å². The van der Waals surface area contributed by atoms with Gasteiger partial charge in [0.1, 0.15) is 6.04 Å². The predicted molar refractivity (Wildman–Crippen MR) is 49.6 cm³/mol. The maximum atomic E-state index is 12.0. The van der Waals surface area contributed by atoms with Crippen molar-refractivity contribution in [1.82, 2.24) is 5.32 Å². The normalized spacial score (nSPS) is 28.6. The molecule has 1 fully saturated rings. The molecule has 1 aliphatic rings. The molecule has 2 atom stereocenters. The molecule has 1 rings (SSSR count). The van der Waals surface area contributed by atoms with Crippen LogP contribution >= 0.6 is 24.8 Å². The summed E-state index contributed by atoms with van der Waals surface area (Å²) in [5, 5.41) is 2.36. The topological polar surface area (TPSA) is 38.0 Å². The Balaban J connectivity index is 0. The molecule has 3 N–H and O–H groups in total. The van der Waals surface area contributed by atoms with E-state index in [0.29, 0.717) is 13.0 Å². The lowest BCUT2D eigenvalue weighted by atomic mass is 9.99. The number of nitrogens with one attached hydrogen (secondary N) is 1. The van der Waals surface area contributed by atoms with Crippen LogP contribution in [0.3, 0.4) is 0 Å². The van der Waals surface area contributed by atoms with Gasteiger partial charge in [0.25, 0.3) is 0 Å². The fourth-order valence-electron chi connectivity index (χ4n) is 1.27. The van der Waals surface area contributed by atoms with Gasteiger partial charge in [0.2, 0.25) is 0 Å². The van der Waals surface area contributed by atoms with Crippen LogP contribution in [0.1, 0.15) is 12.8 Å². The number of alkyl halides is 3. The summed E-state index contributed by atoms with van der Waals surface area (Å²) in [7, 11) is 0. The second kappa shape index (κ2) is 5.90. The first-order chi connectivity index (χ1) is 5.02. The van der Waals surface area contributed by atoms with Gasteiger partial charge in [-0.1, -0.05) is 0 Å². The van der Waals surface area contributed by atoms with Crippen LogP contribution in [-0.2, 0) is 0 Å². The van der Waals surface area contributed by atoms with E-state index in [4.69, 9.17) is 5.73 Å². The minimum absolute atomic E-state index is 0. The minimum Gasteiger partial charge on any atom is -0.326 e. The molecule has 13 heavy (non-hydrogen) atoms. The largest absolute Gasteiger partial charge is 0.405 e. The Morgan fingerprint density at radius 2 is 1.77 bits per heavy atom. The number of hydrogen-bond donors (Lipinski definition) is 2. The first kappa shape index (κ1) is 15.7. The quantitative estimate of drug-likeness (QED) is 0.674. The van der Waals surface area contributed by atoms with E-state index in [1.165, 1.54) is 0 Å². The van der Waals surface area contributed by atoms with Gasteiger partial charge in [0, 0.05) is 6.04 Å². The molecule has 1 heterocycles. The number of rotatable bonds is 0. The van der Waals surface area contributed by atoms with Crippen molar-refractivity contribution >= 4 is 24.8 Å². The lowest BCUT2D eigenvalue weighted by Crippen LogP contribution is -2.57. The van der Waals surface area contributed by atoms with Crippen molar-refractivity contribution in [3.8, 4) is 0 Å². The number of hydrogen-bond acceptors (Lipinski definition) is 2. The van der Waals surface area contributed by atoms with E-state index in [2.05, 4.69) is 5.32 Å². The Labute approximate surface area is 87.3 Å². The van der Waals surface area contributed by atoms with Crippen molar-refractivity contribution in [1.29, 1.82) is 0 Å². The SMILES string of the molecule is Cl.Cl.N[C@@H]1CCCN[C@@H]1C(F)(F)F. The van der Waals surface area contributed by atoms with Crippen molar-refractivity contribution in [2.24, 2.45) is 5.73 Å². The summed E-state index contributed by atoms with van der Waals surface area (Å²) in [4.78, 5) is 0. The van der Waals surface area contributed by atoms with Crippen molar-refractivity contribution in [2.45, 2.75) is 31.1 Å². The highest BCUT2D eigenvalue weighted by Crippen LogP contribution is 2.25. The molecular weight excluding hydrogens is 228 g/mol. The van der Waals surface area contributed by atoms with Gasteiger partial charge in [-0.15, -0.1) is 24.8 Å². The standard InChI is InChI=1S/C6H11F3N2.2ClH/c7-6(8,9)5-4(10)2-1-3-11-5;;/h4-5,11H,1-3,10H2;2*1H/t4-,5+;;/m1../s1. The van der Waals surface area contributed by atoms with Gasteiger partial charge >= 0.3 is 6.18 Å². The summed E-state index contributed by atoms with van der Waals surface area (Å²) >= 11 is 0. The van der Waals surface area contributed by atoms with Crippen LogP contribution in [-0.4, -0.2) is 24.8 Å².